The second-order valence-electron chi connectivity index (χ2n) is 5.84. The Morgan fingerprint density at radius 3 is 2.25 bits per heavy atom. The average molecular weight is 395 g/mol. The maximum atomic E-state index is 13.1. The van der Waals surface area contributed by atoms with Crippen LogP contribution >= 0.6 is 11.6 Å². The van der Waals surface area contributed by atoms with Crippen LogP contribution in [-0.4, -0.2) is 18.3 Å². The summed E-state index contributed by atoms with van der Waals surface area (Å²) in [5, 5.41) is 3.97. The van der Waals surface area contributed by atoms with Crippen molar-refractivity contribution in [1.29, 1.82) is 0 Å². The summed E-state index contributed by atoms with van der Waals surface area (Å²) in [5.41, 5.74) is 11.3. The van der Waals surface area contributed by atoms with Crippen molar-refractivity contribution in [3.63, 3.8) is 0 Å². The highest BCUT2D eigenvalue weighted by molar-refractivity contribution is 6.31. The first kappa shape index (κ1) is 19.3. The zero-order valence-corrected chi connectivity index (χ0v) is 15.4. The van der Waals surface area contributed by atoms with E-state index in [1.54, 1.807) is 36.5 Å². The molecule has 5 nitrogen and oxygen atoms in total. The molecular formula is C21H16ClFN4O. The van der Waals surface area contributed by atoms with Crippen LogP contribution < -0.4 is 11.2 Å². The van der Waals surface area contributed by atoms with Crippen LogP contribution in [0.4, 0.5) is 15.8 Å². The lowest BCUT2D eigenvalue weighted by molar-refractivity contribution is 0.0955. The van der Waals surface area contributed by atoms with Gasteiger partial charge in [0.15, 0.2) is 0 Å². The molecule has 0 bridgehead atoms. The Balaban J connectivity index is 1.58. The molecule has 0 radical (unpaired) electrons. The highest BCUT2D eigenvalue weighted by atomic mass is 35.5. The molecule has 3 aromatic rings. The largest absolute Gasteiger partial charge is 0.399 e. The summed E-state index contributed by atoms with van der Waals surface area (Å²) >= 11 is 5.73. The molecule has 7 heteroatoms. The number of nitrogens with two attached hydrogens (primary N) is 1. The first-order valence-electron chi connectivity index (χ1n) is 8.29. The maximum absolute atomic E-state index is 13.1. The smallest absolute Gasteiger partial charge is 0.271 e. The number of nitrogens with zero attached hydrogens (tertiary/aromatic N) is 2. The molecule has 0 saturated carbocycles. The molecule has 0 aliphatic carbocycles. The monoisotopic (exact) mass is 394 g/mol. The number of hydrazone groups is 1. The topological polar surface area (TPSA) is 79.8 Å². The van der Waals surface area contributed by atoms with Crippen molar-refractivity contribution in [2.45, 2.75) is 0 Å². The molecule has 0 saturated heterocycles. The van der Waals surface area contributed by atoms with Gasteiger partial charge in [-0.05, 0) is 53.6 Å². The molecule has 0 heterocycles. The lowest BCUT2D eigenvalue weighted by Crippen LogP contribution is -2.17. The van der Waals surface area contributed by atoms with Crippen LogP contribution in [0.1, 0.15) is 21.5 Å². The van der Waals surface area contributed by atoms with Gasteiger partial charge in [0.1, 0.15) is 5.82 Å². The number of carbonyl (C=O) groups excluding carboxylic acids is 1. The number of rotatable bonds is 5. The molecule has 0 unspecified atom stereocenters. The Labute approximate surface area is 166 Å². The van der Waals surface area contributed by atoms with Crippen LogP contribution in [0.5, 0.6) is 0 Å². The van der Waals surface area contributed by atoms with Crippen molar-refractivity contribution < 1.29 is 9.18 Å². The Morgan fingerprint density at radius 2 is 1.61 bits per heavy atom. The third-order valence-corrected chi connectivity index (χ3v) is 4.04. The molecule has 3 aromatic carbocycles. The molecular weight excluding hydrogens is 379 g/mol. The van der Waals surface area contributed by atoms with E-state index in [1.807, 2.05) is 24.3 Å². The highest BCUT2D eigenvalue weighted by Crippen LogP contribution is 2.21. The highest BCUT2D eigenvalue weighted by Gasteiger charge is 2.03. The molecule has 28 heavy (non-hydrogen) atoms. The van der Waals surface area contributed by atoms with Crippen molar-refractivity contribution >= 4 is 41.3 Å². The Kier molecular flexibility index (Phi) is 6.14. The molecule has 0 aromatic heterocycles. The minimum atomic E-state index is -0.479. The fourth-order valence-electron chi connectivity index (χ4n) is 2.25. The summed E-state index contributed by atoms with van der Waals surface area (Å²) in [6.45, 7) is 0. The number of aliphatic imine (C=N–C) groups is 1. The van der Waals surface area contributed by atoms with E-state index in [4.69, 9.17) is 17.3 Å². The molecule has 0 aliphatic rings. The number of halogens is 2. The lowest BCUT2D eigenvalue weighted by atomic mass is 10.1. The van der Waals surface area contributed by atoms with Gasteiger partial charge in [0, 0.05) is 17.5 Å². The number of hydrogen-bond donors (Lipinski definition) is 2. The predicted molar refractivity (Wildman–Crippen MR) is 111 cm³/mol. The van der Waals surface area contributed by atoms with E-state index in [2.05, 4.69) is 15.5 Å². The van der Waals surface area contributed by atoms with E-state index in [1.165, 1.54) is 18.3 Å². The molecule has 3 rings (SSSR count). The fraction of sp³-hybridized carbons (Fsp3) is 0. The van der Waals surface area contributed by atoms with Gasteiger partial charge in [-0.1, -0.05) is 35.9 Å². The third kappa shape index (κ3) is 5.25. The lowest BCUT2D eigenvalue weighted by Gasteiger charge is -2.00. The molecule has 0 fully saturated rings. The zero-order chi connectivity index (χ0) is 19.9. The first-order chi connectivity index (χ1) is 13.5. The number of benzene rings is 3. The van der Waals surface area contributed by atoms with Gasteiger partial charge in [-0.15, -0.1) is 0 Å². The first-order valence-corrected chi connectivity index (χ1v) is 8.67. The minimum absolute atomic E-state index is 0.0298. The summed E-state index contributed by atoms with van der Waals surface area (Å²) < 4.78 is 13.1. The molecule has 3 N–H and O–H groups in total. The summed E-state index contributed by atoms with van der Waals surface area (Å²) in [6.07, 6.45) is 3.18. The molecule has 0 spiro atoms. The number of amides is 1. The fourth-order valence-corrected chi connectivity index (χ4v) is 2.42. The number of anilines is 1. The van der Waals surface area contributed by atoms with Gasteiger partial charge < -0.3 is 5.73 Å². The number of nitrogen functional groups attached to an aromatic ring is 1. The SMILES string of the molecule is Nc1ccc(C(=O)NN=Cc2ccc(C=Nc3ccc(F)c(Cl)c3)cc2)cc1. The van der Waals surface area contributed by atoms with Crippen molar-refractivity contribution in [2.24, 2.45) is 10.1 Å². The Morgan fingerprint density at radius 1 is 0.964 bits per heavy atom. The van der Waals surface area contributed by atoms with Crippen molar-refractivity contribution in [3.8, 4) is 0 Å². The molecule has 0 aliphatic heterocycles. The van der Waals surface area contributed by atoms with E-state index in [9.17, 15) is 9.18 Å². The van der Waals surface area contributed by atoms with Crippen molar-refractivity contribution in [2.75, 3.05) is 5.73 Å². The number of carbonyl (C=O) groups is 1. The van der Waals surface area contributed by atoms with Gasteiger partial charge in [-0.3, -0.25) is 9.79 Å². The maximum Gasteiger partial charge on any atom is 0.271 e. The standard InChI is InChI=1S/C21H16ClFN4O/c22-19-11-18(9-10-20(19)23)25-12-14-1-3-15(4-2-14)13-26-27-21(28)16-5-7-17(24)8-6-16/h1-13H,24H2,(H,27,28). The summed E-state index contributed by atoms with van der Waals surface area (Å²) in [4.78, 5) is 16.2. The van der Waals surface area contributed by atoms with Gasteiger partial charge in [0.25, 0.3) is 5.91 Å². The van der Waals surface area contributed by atoms with Gasteiger partial charge in [0.2, 0.25) is 0 Å². The van der Waals surface area contributed by atoms with E-state index in [0.29, 0.717) is 16.9 Å². The molecule has 1 amide bonds. The van der Waals surface area contributed by atoms with Crippen LogP contribution in [0.2, 0.25) is 5.02 Å². The molecule has 0 atom stereocenters. The average Bonchev–Trinajstić information content (AvgIpc) is 2.70. The minimum Gasteiger partial charge on any atom is -0.399 e. The Bertz CT molecular complexity index is 1030. The summed E-state index contributed by atoms with van der Waals surface area (Å²) in [7, 11) is 0. The quantitative estimate of drug-likeness (QED) is 0.377. The number of nitrogens with one attached hydrogen (secondary N) is 1. The predicted octanol–water partition coefficient (Wildman–Crippen LogP) is 4.58. The third-order valence-electron chi connectivity index (χ3n) is 3.75. The van der Waals surface area contributed by atoms with Crippen LogP contribution in [0, 0.1) is 5.82 Å². The van der Waals surface area contributed by atoms with E-state index >= 15 is 0 Å². The normalized spacial score (nSPS) is 11.2. The van der Waals surface area contributed by atoms with E-state index in [-0.39, 0.29) is 10.9 Å². The second-order valence-corrected chi connectivity index (χ2v) is 6.25. The van der Waals surface area contributed by atoms with E-state index < -0.39 is 5.82 Å². The molecule has 140 valence electrons. The zero-order valence-electron chi connectivity index (χ0n) is 14.6. The van der Waals surface area contributed by atoms with Gasteiger partial charge in [0.05, 0.1) is 16.9 Å². The Hall–Kier alpha value is -3.51. The van der Waals surface area contributed by atoms with Crippen LogP contribution in [-0.2, 0) is 0 Å². The van der Waals surface area contributed by atoms with Crippen molar-refractivity contribution in [3.05, 3.63) is 94.3 Å². The van der Waals surface area contributed by atoms with Crippen LogP contribution in [0.3, 0.4) is 0 Å². The van der Waals surface area contributed by atoms with E-state index in [0.717, 1.165) is 11.1 Å². The van der Waals surface area contributed by atoms with Crippen LogP contribution in [0.15, 0.2) is 76.8 Å². The summed E-state index contributed by atoms with van der Waals surface area (Å²) in [6, 6.07) is 18.2. The van der Waals surface area contributed by atoms with Crippen molar-refractivity contribution in [1.82, 2.24) is 5.43 Å². The number of hydrogen-bond acceptors (Lipinski definition) is 4. The van der Waals surface area contributed by atoms with Crippen LogP contribution in [0.25, 0.3) is 0 Å². The van der Waals surface area contributed by atoms with Gasteiger partial charge >= 0.3 is 0 Å². The van der Waals surface area contributed by atoms with Gasteiger partial charge in [-0.25, -0.2) is 9.82 Å². The second kappa shape index (κ2) is 8.92. The summed E-state index contributed by atoms with van der Waals surface area (Å²) in [5.74, 6) is -0.800. The van der Waals surface area contributed by atoms with Gasteiger partial charge in [-0.2, -0.15) is 5.10 Å².